The van der Waals surface area contributed by atoms with Gasteiger partial charge in [-0.05, 0) is 13.0 Å². The van der Waals surface area contributed by atoms with E-state index in [2.05, 4.69) is 4.98 Å². The summed E-state index contributed by atoms with van der Waals surface area (Å²) >= 11 is 0. The summed E-state index contributed by atoms with van der Waals surface area (Å²) in [5.41, 5.74) is 1.42. The van der Waals surface area contributed by atoms with E-state index in [1.807, 2.05) is 11.5 Å². The van der Waals surface area contributed by atoms with Gasteiger partial charge in [0.1, 0.15) is 5.82 Å². The summed E-state index contributed by atoms with van der Waals surface area (Å²) in [5.74, 6) is 0.740. The Balaban J connectivity index is 2.60. The number of non-ortho nitro benzene ring substituents is 1. The largest absolute Gasteiger partial charge is 0.395 e. The molecular formula is C10H11N3O3. The van der Waals surface area contributed by atoms with Crippen LogP contribution < -0.4 is 0 Å². The van der Waals surface area contributed by atoms with E-state index in [9.17, 15) is 10.1 Å². The zero-order valence-electron chi connectivity index (χ0n) is 8.75. The summed E-state index contributed by atoms with van der Waals surface area (Å²) in [7, 11) is 0. The Kier molecular flexibility index (Phi) is 2.57. The fraction of sp³-hybridized carbons (Fsp3) is 0.300. The van der Waals surface area contributed by atoms with Crippen LogP contribution in [-0.2, 0) is 6.54 Å². The van der Waals surface area contributed by atoms with Crippen LogP contribution in [0.2, 0.25) is 0 Å². The maximum atomic E-state index is 10.6. The number of hydrogen-bond acceptors (Lipinski definition) is 4. The van der Waals surface area contributed by atoms with Crippen LogP contribution in [-0.4, -0.2) is 26.2 Å². The Labute approximate surface area is 91.3 Å². The molecule has 2 rings (SSSR count). The first-order valence-corrected chi connectivity index (χ1v) is 4.85. The minimum Gasteiger partial charge on any atom is -0.395 e. The number of imidazole rings is 1. The quantitative estimate of drug-likeness (QED) is 0.624. The number of aliphatic hydroxyl groups excluding tert-OH is 1. The monoisotopic (exact) mass is 221 g/mol. The number of aryl methyl sites for hydroxylation is 1. The molecule has 84 valence electrons. The Hall–Kier alpha value is -1.95. The highest BCUT2D eigenvalue weighted by Gasteiger charge is 2.11. The third-order valence-corrected chi connectivity index (χ3v) is 2.46. The lowest BCUT2D eigenvalue weighted by atomic mass is 10.3. The number of fused-ring (bicyclic) bond motifs is 1. The maximum absolute atomic E-state index is 10.6. The summed E-state index contributed by atoms with van der Waals surface area (Å²) < 4.78 is 1.83. The van der Waals surface area contributed by atoms with Crippen LogP contribution in [0.1, 0.15) is 5.82 Å². The molecule has 0 spiro atoms. The highest BCUT2D eigenvalue weighted by Crippen LogP contribution is 2.21. The van der Waals surface area contributed by atoms with E-state index in [4.69, 9.17) is 5.11 Å². The highest BCUT2D eigenvalue weighted by atomic mass is 16.6. The molecule has 0 amide bonds. The zero-order valence-corrected chi connectivity index (χ0v) is 8.75. The van der Waals surface area contributed by atoms with Crippen molar-refractivity contribution < 1.29 is 10.0 Å². The molecule has 0 unspecified atom stereocenters. The summed E-state index contributed by atoms with van der Waals surface area (Å²) in [4.78, 5) is 14.4. The molecule has 0 radical (unpaired) electrons. The van der Waals surface area contributed by atoms with Crippen molar-refractivity contribution in [2.75, 3.05) is 6.61 Å². The Morgan fingerprint density at radius 2 is 2.31 bits per heavy atom. The minimum absolute atomic E-state index is 0.0172. The molecule has 1 aromatic heterocycles. The molecule has 0 bridgehead atoms. The van der Waals surface area contributed by atoms with E-state index in [0.717, 1.165) is 11.3 Å². The molecule has 0 aliphatic carbocycles. The minimum atomic E-state index is -0.445. The maximum Gasteiger partial charge on any atom is 0.271 e. The lowest BCUT2D eigenvalue weighted by Gasteiger charge is -2.02. The second kappa shape index (κ2) is 3.90. The fourth-order valence-electron chi connectivity index (χ4n) is 1.73. The van der Waals surface area contributed by atoms with E-state index >= 15 is 0 Å². The van der Waals surface area contributed by atoms with Crippen LogP contribution >= 0.6 is 0 Å². The molecule has 0 fully saturated rings. The van der Waals surface area contributed by atoms with Gasteiger partial charge in [-0.15, -0.1) is 0 Å². The zero-order chi connectivity index (χ0) is 11.7. The lowest BCUT2D eigenvalue weighted by Crippen LogP contribution is -2.03. The number of aromatic nitrogens is 2. The third kappa shape index (κ3) is 1.63. The highest BCUT2D eigenvalue weighted by molar-refractivity contribution is 5.78. The van der Waals surface area contributed by atoms with Gasteiger partial charge < -0.3 is 9.67 Å². The molecule has 0 atom stereocenters. The van der Waals surface area contributed by atoms with Gasteiger partial charge in [0.05, 0.1) is 22.6 Å². The normalized spacial score (nSPS) is 10.9. The number of rotatable bonds is 3. The average Bonchev–Trinajstić information content (AvgIpc) is 2.55. The molecule has 0 aliphatic rings. The van der Waals surface area contributed by atoms with Crippen molar-refractivity contribution in [3.8, 4) is 0 Å². The van der Waals surface area contributed by atoms with E-state index in [0.29, 0.717) is 12.1 Å². The van der Waals surface area contributed by atoms with E-state index in [1.54, 1.807) is 6.07 Å². The number of nitrogens with zero attached hydrogens (tertiary/aromatic N) is 3. The molecule has 1 aromatic carbocycles. The number of nitro groups is 1. The molecular weight excluding hydrogens is 210 g/mol. The second-order valence-electron chi connectivity index (χ2n) is 3.46. The van der Waals surface area contributed by atoms with Crippen molar-refractivity contribution in [2.45, 2.75) is 13.5 Å². The van der Waals surface area contributed by atoms with Gasteiger partial charge in [0.2, 0.25) is 0 Å². The topological polar surface area (TPSA) is 81.2 Å². The van der Waals surface area contributed by atoms with Gasteiger partial charge >= 0.3 is 0 Å². The summed E-state index contributed by atoms with van der Waals surface area (Å²) in [6.45, 7) is 2.27. The molecule has 1 N–H and O–H groups in total. The Morgan fingerprint density at radius 1 is 1.56 bits per heavy atom. The van der Waals surface area contributed by atoms with Crippen LogP contribution in [0.5, 0.6) is 0 Å². The number of nitro benzene ring substituents is 1. The first-order valence-electron chi connectivity index (χ1n) is 4.85. The van der Waals surface area contributed by atoms with Gasteiger partial charge in [-0.2, -0.15) is 0 Å². The summed E-state index contributed by atoms with van der Waals surface area (Å²) in [5, 5.41) is 19.5. The molecule has 0 saturated heterocycles. The molecule has 0 saturated carbocycles. The van der Waals surface area contributed by atoms with Gasteiger partial charge in [-0.3, -0.25) is 10.1 Å². The summed E-state index contributed by atoms with van der Waals surface area (Å²) in [6, 6.07) is 4.54. The molecule has 6 heteroatoms. The molecule has 6 nitrogen and oxygen atoms in total. The van der Waals surface area contributed by atoms with Crippen molar-refractivity contribution in [3.63, 3.8) is 0 Å². The first-order chi connectivity index (χ1) is 7.63. The predicted octanol–water partition coefficient (Wildman–Crippen LogP) is 1.25. The van der Waals surface area contributed by atoms with Crippen molar-refractivity contribution in [2.24, 2.45) is 0 Å². The molecule has 1 heterocycles. The fourth-order valence-corrected chi connectivity index (χ4v) is 1.73. The van der Waals surface area contributed by atoms with Crippen molar-refractivity contribution in [3.05, 3.63) is 34.1 Å². The van der Waals surface area contributed by atoms with E-state index in [-0.39, 0.29) is 12.3 Å². The van der Waals surface area contributed by atoms with E-state index < -0.39 is 4.92 Å². The van der Waals surface area contributed by atoms with Gasteiger partial charge in [0.25, 0.3) is 5.69 Å². The molecule has 2 aromatic rings. The third-order valence-electron chi connectivity index (χ3n) is 2.46. The van der Waals surface area contributed by atoms with Crippen LogP contribution in [0.25, 0.3) is 11.0 Å². The molecule has 0 aliphatic heterocycles. The van der Waals surface area contributed by atoms with Crippen molar-refractivity contribution in [1.82, 2.24) is 9.55 Å². The first kappa shape index (κ1) is 10.6. The number of benzene rings is 1. The van der Waals surface area contributed by atoms with Crippen LogP contribution in [0.3, 0.4) is 0 Å². The SMILES string of the molecule is Cc1nc2cc([N+](=O)[O-])ccc2n1CCO. The molecule has 16 heavy (non-hydrogen) atoms. The predicted molar refractivity (Wildman–Crippen MR) is 58.2 cm³/mol. The van der Waals surface area contributed by atoms with Crippen LogP contribution in [0.15, 0.2) is 18.2 Å². The number of aliphatic hydroxyl groups is 1. The second-order valence-corrected chi connectivity index (χ2v) is 3.46. The lowest BCUT2D eigenvalue weighted by molar-refractivity contribution is -0.384. The smallest absolute Gasteiger partial charge is 0.271 e. The van der Waals surface area contributed by atoms with Gasteiger partial charge in [0.15, 0.2) is 0 Å². The Bertz CT molecular complexity index is 547. The van der Waals surface area contributed by atoms with Gasteiger partial charge in [-0.1, -0.05) is 0 Å². The van der Waals surface area contributed by atoms with Gasteiger partial charge in [-0.25, -0.2) is 4.98 Å². The van der Waals surface area contributed by atoms with Crippen LogP contribution in [0.4, 0.5) is 5.69 Å². The Morgan fingerprint density at radius 3 is 2.94 bits per heavy atom. The van der Waals surface area contributed by atoms with Crippen LogP contribution in [0, 0.1) is 17.0 Å². The van der Waals surface area contributed by atoms with Gasteiger partial charge in [0, 0.05) is 18.7 Å². The van der Waals surface area contributed by atoms with E-state index in [1.165, 1.54) is 12.1 Å². The van der Waals surface area contributed by atoms with Crippen molar-refractivity contribution >= 4 is 16.7 Å². The number of hydrogen-bond donors (Lipinski definition) is 1. The summed E-state index contributed by atoms with van der Waals surface area (Å²) in [6.07, 6.45) is 0. The van der Waals surface area contributed by atoms with Crippen molar-refractivity contribution in [1.29, 1.82) is 0 Å². The standard InChI is InChI=1S/C10H11N3O3/c1-7-11-9-6-8(13(15)16)2-3-10(9)12(7)4-5-14/h2-3,6,14H,4-5H2,1H3. The average molecular weight is 221 g/mol.